The molecule has 3 nitrogen and oxygen atoms in total. The third kappa shape index (κ3) is 3.84. The summed E-state index contributed by atoms with van der Waals surface area (Å²) in [7, 11) is 1.76. The van der Waals surface area contributed by atoms with Crippen LogP contribution < -0.4 is 5.32 Å². The van der Waals surface area contributed by atoms with Crippen molar-refractivity contribution in [3.8, 4) is 0 Å². The van der Waals surface area contributed by atoms with Crippen LogP contribution in [0.15, 0.2) is 30.5 Å². The van der Waals surface area contributed by atoms with Crippen molar-refractivity contribution in [1.29, 1.82) is 0 Å². The molecule has 0 radical (unpaired) electrons. The Bertz CT molecular complexity index is 545. The van der Waals surface area contributed by atoms with Crippen molar-refractivity contribution in [3.05, 3.63) is 36.0 Å². The third-order valence-corrected chi connectivity index (χ3v) is 3.57. The summed E-state index contributed by atoms with van der Waals surface area (Å²) >= 11 is 0. The van der Waals surface area contributed by atoms with E-state index in [0.717, 1.165) is 19.6 Å². The Morgan fingerprint density at radius 3 is 2.70 bits per heavy atom. The number of aromatic nitrogens is 1. The molecule has 20 heavy (non-hydrogen) atoms. The smallest absolute Gasteiger partial charge is 0.0722 e. The van der Waals surface area contributed by atoms with E-state index in [1.165, 1.54) is 16.5 Å². The van der Waals surface area contributed by atoms with Gasteiger partial charge in [0.1, 0.15) is 0 Å². The van der Waals surface area contributed by atoms with Gasteiger partial charge in [-0.25, -0.2) is 0 Å². The zero-order chi connectivity index (χ0) is 14.5. The summed E-state index contributed by atoms with van der Waals surface area (Å²) in [6.45, 7) is 9.44. The molecule has 2 rings (SSSR count). The minimum atomic E-state index is 0.234. The van der Waals surface area contributed by atoms with Crippen LogP contribution in [0.3, 0.4) is 0 Å². The summed E-state index contributed by atoms with van der Waals surface area (Å²) in [5, 5.41) is 4.79. The number of fused-ring (bicyclic) bond motifs is 1. The largest absolute Gasteiger partial charge is 0.380 e. The molecule has 0 spiro atoms. The SMILES string of the molecule is COC(C)Cn1ccc2cc(CNCC(C)C)ccc21. The molecule has 0 amide bonds. The number of methoxy groups -OCH3 is 1. The van der Waals surface area contributed by atoms with Gasteiger partial charge in [0.2, 0.25) is 0 Å². The van der Waals surface area contributed by atoms with Crippen molar-refractivity contribution in [2.24, 2.45) is 5.92 Å². The van der Waals surface area contributed by atoms with E-state index in [1.807, 2.05) is 0 Å². The fraction of sp³-hybridized carbons (Fsp3) is 0.529. The van der Waals surface area contributed by atoms with E-state index in [-0.39, 0.29) is 6.10 Å². The molecule has 1 atom stereocenters. The van der Waals surface area contributed by atoms with Gasteiger partial charge in [0.15, 0.2) is 0 Å². The van der Waals surface area contributed by atoms with E-state index in [2.05, 4.69) is 61.1 Å². The van der Waals surface area contributed by atoms with E-state index >= 15 is 0 Å². The summed E-state index contributed by atoms with van der Waals surface area (Å²) in [5.74, 6) is 0.690. The fourth-order valence-electron chi connectivity index (χ4n) is 2.38. The number of hydrogen-bond acceptors (Lipinski definition) is 2. The summed E-state index contributed by atoms with van der Waals surface area (Å²) in [6, 6.07) is 8.88. The number of nitrogens with one attached hydrogen (secondary N) is 1. The Kier molecular flexibility index (Phi) is 5.21. The predicted octanol–water partition coefficient (Wildman–Crippen LogP) is 3.42. The van der Waals surface area contributed by atoms with E-state index in [0.29, 0.717) is 5.92 Å². The van der Waals surface area contributed by atoms with E-state index in [9.17, 15) is 0 Å². The normalized spacial score (nSPS) is 13.2. The lowest BCUT2D eigenvalue weighted by molar-refractivity contribution is 0.104. The average molecular weight is 274 g/mol. The number of rotatable bonds is 7. The molecule has 0 bridgehead atoms. The van der Waals surface area contributed by atoms with Crippen LogP contribution in [0.25, 0.3) is 10.9 Å². The average Bonchev–Trinajstić information content (AvgIpc) is 2.81. The van der Waals surface area contributed by atoms with Crippen molar-refractivity contribution >= 4 is 10.9 Å². The number of nitrogens with zero attached hydrogens (tertiary/aromatic N) is 1. The first-order valence-electron chi connectivity index (χ1n) is 7.41. The highest BCUT2D eigenvalue weighted by atomic mass is 16.5. The standard InChI is InChI=1S/C17H26N2O/c1-13(2)10-18-11-15-5-6-17-16(9-15)7-8-19(17)12-14(3)20-4/h5-9,13-14,18H,10-12H2,1-4H3. The molecule has 0 saturated heterocycles. The zero-order valence-electron chi connectivity index (χ0n) is 13.0. The Balaban J connectivity index is 2.07. The Hall–Kier alpha value is -1.32. The van der Waals surface area contributed by atoms with Crippen LogP contribution >= 0.6 is 0 Å². The molecule has 1 unspecified atom stereocenters. The van der Waals surface area contributed by atoms with E-state index in [1.54, 1.807) is 7.11 Å². The van der Waals surface area contributed by atoms with Gasteiger partial charge >= 0.3 is 0 Å². The molecular weight excluding hydrogens is 248 g/mol. The van der Waals surface area contributed by atoms with Gasteiger partial charge < -0.3 is 14.6 Å². The molecule has 1 N–H and O–H groups in total. The van der Waals surface area contributed by atoms with Gasteiger partial charge in [-0.2, -0.15) is 0 Å². The monoisotopic (exact) mass is 274 g/mol. The summed E-state index contributed by atoms with van der Waals surface area (Å²) in [5.41, 5.74) is 2.62. The molecule has 1 aromatic carbocycles. The van der Waals surface area contributed by atoms with Crippen molar-refractivity contribution in [3.63, 3.8) is 0 Å². The molecule has 1 heterocycles. The van der Waals surface area contributed by atoms with E-state index in [4.69, 9.17) is 4.74 Å². The number of ether oxygens (including phenoxy) is 1. The highest BCUT2D eigenvalue weighted by molar-refractivity contribution is 5.80. The van der Waals surface area contributed by atoms with Crippen LogP contribution in [0, 0.1) is 5.92 Å². The quantitative estimate of drug-likeness (QED) is 0.837. The predicted molar refractivity (Wildman–Crippen MR) is 85.0 cm³/mol. The minimum Gasteiger partial charge on any atom is -0.380 e. The summed E-state index contributed by atoms with van der Waals surface area (Å²) in [6.07, 6.45) is 2.38. The van der Waals surface area contributed by atoms with Crippen molar-refractivity contribution < 1.29 is 4.74 Å². The second-order valence-electron chi connectivity index (χ2n) is 5.93. The van der Waals surface area contributed by atoms with Gasteiger partial charge in [0, 0.05) is 31.9 Å². The van der Waals surface area contributed by atoms with Crippen molar-refractivity contribution in [2.75, 3.05) is 13.7 Å². The molecule has 0 saturated carbocycles. The zero-order valence-corrected chi connectivity index (χ0v) is 13.0. The van der Waals surface area contributed by atoms with Gasteiger partial charge in [0.05, 0.1) is 6.10 Å². The van der Waals surface area contributed by atoms with Gasteiger partial charge in [-0.3, -0.25) is 0 Å². The summed E-state index contributed by atoms with van der Waals surface area (Å²) < 4.78 is 7.60. The first-order valence-corrected chi connectivity index (χ1v) is 7.41. The van der Waals surface area contributed by atoms with Crippen LogP contribution in [0.5, 0.6) is 0 Å². The molecule has 2 aromatic rings. The molecule has 0 aliphatic rings. The molecule has 0 fully saturated rings. The lowest BCUT2D eigenvalue weighted by atomic mass is 10.1. The first kappa shape index (κ1) is 15.1. The summed E-state index contributed by atoms with van der Waals surface area (Å²) in [4.78, 5) is 0. The van der Waals surface area contributed by atoms with Crippen molar-refractivity contribution in [2.45, 2.75) is 40.0 Å². The van der Waals surface area contributed by atoms with Crippen LogP contribution in [0.1, 0.15) is 26.3 Å². The molecule has 3 heteroatoms. The fourth-order valence-corrected chi connectivity index (χ4v) is 2.38. The van der Waals surface area contributed by atoms with Crippen LogP contribution in [0.4, 0.5) is 0 Å². The van der Waals surface area contributed by atoms with Gasteiger partial charge in [0.25, 0.3) is 0 Å². The van der Waals surface area contributed by atoms with Gasteiger partial charge in [-0.15, -0.1) is 0 Å². The van der Waals surface area contributed by atoms with E-state index < -0.39 is 0 Å². The third-order valence-electron chi connectivity index (χ3n) is 3.57. The lowest BCUT2D eigenvalue weighted by Crippen LogP contribution is -2.18. The first-order chi connectivity index (χ1) is 9.60. The Morgan fingerprint density at radius 2 is 2.00 bits per heavy atom. The van der Waals surface area contributed by atoms with Crippen LogP contribution in [-0.4, -0.2) is 24.3 Å². The Morgan fingerprint density at radius 1 is 1.20 bits per heavy atom. The number of benzene rings is 1. The minimum absolute atomic E-state index is 0.234. The molecular formula is C17H26N2O. The molecule has 0 aliphatic carbocycles. The van der Waals surface area contributed by atoms with Crippen LogP contribution in [-0.2, 0) is 17.8 Å². The number of hydrogen-bond donors (Lipinski definition) is 1. The second kappa shape index (κ2) is 6.91. The van der Waals surface area contributed by atoms with Gasteiger partial charge in [-0.05, 0) is 48.5 Å². The molecule has 0 aliphatic heterocycles. The topological polar surface area (TPSA) is 26.2 Å². The maximum absolute atomic E-state index is 5.34. The molecule has 1 aromatic heterocycles. The Labute approximate surface area is 121 Å². The van der Waals surface area contributed by atoms with Crippen molar-refractivity contribution in [1.82, 2.24) is 9.88 Å². The van der Waals surface area contributed by atoms with Crippen LogP contribution in [0.2, 0.25) is 0 Å². The second-order valence-corrected chi connectivity index (χ2v) is 5.93. The van der Waals surface area contributed by atoms with Gasteiger partial charge in [-0.1, -0.05) is 19.9 Å². The maximum Gasteiger partial charge on any atom is 0.0722 e. The maximum atomic E-state index is 5.34. The molecule has 110 valence electrons. The highest BCUT2D eigenvalue weighted by Gasteiger charge is 2.06. The highest BCUT2D eigenvalue weighted by Crippen LogP contribution is 2.18. The lowest BCUT2D eigenvalue weighted by Gasteiger charge is -2.12.